The Hall–Kier alpha value is -1.88. The van der Waals surface area contributed by atoms with Gasteiger partial charge in [0.15, 0.2) is 0 Å². The van der Waals surface area contributed by atoms with Crippen molar-refractivity contribution in [2.75, 3.05) is 13.1 Å². The summed E-state index contributed by atoms with van der Waals surface area (Å²) in [5.74, 6) is -1.69. The molecule has 0 aliphatic carbocycles. The molecule has 0 atom stereocenters. The number of carboxylic acids is 2. The van der Waals surface area contributed by atoms with Crippen molar-refractivity contribution in [3.63, 3.8) is 0 Å². The third-order valence-corrected chi connectivity index (χ3v) is 4.58. The van der Waals surface area contributed by atoms with Gasteiger partial charge in [-0.05, 0) is 24.8 Å². The molecule has 0 aliphatic rings. The Labute approximate surface area is 137 Å². The summed E-state index contributed by atoms with van der Waals surface area (Å²) in [7, 11) is 0. The standard InChI is InChI=1S/C18H27NO4/c1-3-18(4-2,14-17(22)23)19(13-11-16(20)21)12-10-15-8-6-5-7-9-15/h5-9H,3-4,10-14H2,1-2H3,(H,20,21)(H,22,23). The molecule has 0 saturated carbocycles. The summed E-state index contributed by atoms with van der Waals surface area (Å²) in [5, 5.41) is 18.3. The normalized spacial score (nSPS) is 11.6. The first kappa shape index (κ1) is 19.2. The third-order valence-electron chi connectivity index (χ3n) is 4.58. The molecule has 128 valence electrons. The average Bonchev–Trinajstić information content (AvgIpc) is 2.53. The average molecular weight is 321 g/mol. The minimum atomic E-state index is -0.855. The molecule has 0 radical (unpaired) electrons. The van der Waals surface area contributed by atoms with Crippen molar-refractivity contribution in [2.24, 2.45) is 0 Å². The van der Waals surface area contributed by atoms with Gasteiger partial charge in [-0.25, -0.2) is 0 Å². The summed E-state index contributed by atoms with van der Waals surface area (Å²) < 4.78 is 0. The van der Waals surface area contributed by atoms with E-state index < -0.39 is 17.5 Å². The van der Waals surface area contributed by atoms with Crippen LogP contribution in [0.1, 0.15) is 45.1 Å². The van der Waals surface area contributed by atoms with Crippen LogP contribution in [-0.4, -0.2) is 45.7 Å². The van der Waals surface area contributed by atoms with Crippen molar-refractivity contribution < 1.29 is 19.8 Å². The number of aliphatic carboxylic acids is 2. The van der Waals surface area contributed by atoms with Crippen LogP contribution >= 0.6 is 0 Å². The Kier molecular flexibility index (Phi) is 7.75. The van der Waals surface area contributed by atoms with Crippen LogP contribution in [0, 0.1) is 0 Å². The topological polar surface area (TPSA) is 77.8 Å². The van der Waals surface area contributed by atoms with Gasteiger partial charge in [0.1, 0.15) is 0 Å². The fourth-order valence-electron chi connectivity index (χ4n) is 3.07. The number of rotatable bonds is 11. The lowest BCUT2D eigenvalue weighted by atomic mass is 9.86. The summed E-state index contributed by atoms with van der Waals surface area (Å²) in [6.45, 7) is 4.98. The second-order valence-electron chi connectivity index (χ2n) is 5.87. The number of hydrogen-bond donors (Lipinski definition) is 2. The van der Waals surface area contributed by atoms with Crippen LogP contribution in [0.3, 0.4) is 0 Å². The molecule has 5 heteroatoms. The number of nitrogens with zero attached hydrogens (tertiary/aromatic N) is 1. The smallest absolute Gasteiger partial charge is 0.305 e. The van der Waals surface area contributed by atoms with E-state index in [0.29, 0.717) is 25.9 Å². The van der Waals surface area contributed by atoms with Gasteiger partial charge in [0, 0.05) is 18.6 Å². The van der Waals surface area contributed by atoms with E-state index in [9.17, 15) is 14.7 Å². The maximum absolute atomic E-state index is 11.3. The van der Waals surface area contributed by atoms with Crippen molar-refractivity contribution in [3.8, 4) is 0 Å². The van der Waals surface area contributed by atoms with Gasteiger partial charge >= 0.3 is 11.9 Å². The summed E-state index contributed by atoms with van der Waals surface area (Å²) in [6.07, 6.45) is 2.21. The molecule has 0 heterocycles. The molecule has 2 N–H and O–H groups in total. The third kappa shape index (κ3) is 6.02. The maximum atomic E-state index is 11.3. The molecule has 5 nitrogen and oxygen atoms in total. The first-order valence-electron chi connectivity index (χ1n) is 8.16. The zero-order chi connectivity index (χ0) is 17.3. The largest absolute Gasteiger partial charge is 0.481 e. The predicted octanol–water partition coefficient (Wildman–Crippen LogP) is 3.04. The predicted molar refractivity (Wildman–Crippen MR) is 89.5 cm³/mol. The highest BCUT2D eigenvalue weighted by atomic mass is 16.4. The van der Waals surface area contributed by atoms with E-state index in [0.717, 1.165) is 6.42 Å². The quantitative estimate of drug-likeness (QED) is 0.655. The summed E-state index contributed by atoms with van der Waals surface area (Å²) in [5.41, 5.74) is 0.681. The number of hydrogen-bond acceptors (Lipinski definition) is 3. The van der Waals surface area contributed by atoms with Crippen LogP contribution in [0.5, 0.6) is 0 Å². The van der Waals surface area contributed by atoms with Crippen molar-refractivity contribution in [2.45, 2.75) is 51.5 Å². The van der Waals surface area contributed by atoms with Crippen molar-refractivity contribution >= 4 is 11.9 Å². The fraction of sp³-hybridized carbons (Fsp3) is 0.556. The number of carboxylic acid groups (broad SMARTS) is 2. The van der Waals surface area contributed by atoms with E-state index in [4.69, 9.17) is 5.11 Å². The molecule has 0 aromatic heterocycles. The van der Waals surface area contributed by atoms with Crippen molar-refractivity contribution in [3.05, 3.63) is 35.9 Å². The molecule has 0 bridgehead atoms. The molecular weight excluding hydrogens is 294 g/mol. The van der Waals surface area contributed by atoms with Crippen LogP contribution in [0.2, 0.25) is 0 Å². The highest BCUT2D eigenvalue weighted by Gasteiger charge is 2.35. The molecule has 0 unspecified atom stereocenters. The Morgan fingerprint density at radius 2 is 1.61 bits per heavy atom. The van der Waals surface area contributed by atoms with E-state index in [1.54, 1.807) is 0 Å². The lowest BCUT2D eigenvalue weighted by Crippen LogP contribution is -2.51. The molecule has 0 fully saturated rings. The van der Waals surface area contributed by atoms with Gasteiger partial charge in [-0.2, -0.15) is 0 Å². The van der Waals surface area contributed by atoms with E-state index in [1.165, 1.54) is 5.56 Å². The zero-order valence-corrected chi connectivity index (χ0v) is 14.0. The minimum absolute atomic E-state index is 0.0240. The van der Waals surface area contributed by atoms with Crippen LogP contribution < -0.4 is 0 Å². The molecule has 23 heavy (non-hydrogen) atoms. The zero-order valence-electron chi connectivity index (χ0n) is 14.0. The van der Waals surface area contributed by atoms with Crippen molar-refractivity contribution in [1.29, 1.82) is 0 Å². The molecule has 1 rings (SSSR count). The monoisotopic (exact) mass is 321 g/mol. The Bertz CT molecular complexity index is 497. The second kappa shape index (κ2) is 9.30. The highest BCUT2D eigenvalue weighted by molar-refractivity contribution is 5.68. The van der Waals surface area contributed by atoms with Gasteiger partial charge < -0.3 is 10.2 Å². The maximum Gasteiger partial charge on any atom is 0.305 e. The van der Waals surface area contributed by atoms with E-state index in [1.807, 2.05) is 44.2 Å². The van der Waals surface area contributed by atoms with Crippen LogP contribution in [0.15, 0.2) is 30.3 Å². The summed E-state index contributed by atoms with van der Waals surface area (Å²) in [6, 6.07) is 9.97. The lowest BCUT2D eigenvalue weighted by molar-refractivity contribution is -0.141. The van der Waals surface area contributed by atoms with E-state index >= 15 is 0 Å². The Morgan fingerprint density at radius 1 is 1.00 bits per heavy atom. The van der Waals surface area contributed by atoms with Gasteiger partial charge in [0.2, 0.25) is 0 Å². The van der Waals surface area contributed by atoms with Crippen LogP contribution in [-0.2, 0) is 16.0 Å². The highest BCUT2D eigenvalue weighted by Crippen LogP contribution is 2.28. The van der Waals surface area contributed by atoms with Gasteiger partial charge in [0.25, 0.3) is 0 Å². The number of benzene rings is 1. The van der Waals surface area contributed by atoms with Gasteiger partial charge in [-0.1, -0.05) is 44.2 Å². The van der Waals surface area contributed by atoms with Crippen LogP contribution in [0.4, 0.5) is 0 Å². The Balaban J connectivity index is 2.91. The molecule has 0 spiro atoms. The SMILES string of the molecule is CCC(CC)(CC(=O)O)N(CCC(=O)O)CCc1ccccc1. The first-order valence-corrected chi connectivity index (χ1v) is 8.16. The van der Waals surface area contributed by atoms with Crippen molar-refractivity contribution in [1.82, 2.24) is 4.90 Å². The molecule has 0 amide bonds. The van der Waals surface area contributed by atoms with E-state index in [-0.39, 0.29) is 12.8 Å². The van der Waals surface area contributed by atoms with Gasteiger partial charge in [-0.15, -0.1) is 0 Å². The van der Waals surface area contributed by atoms with Crippen LogP contribution in [0.25, 0.3) is 0 Å². The summed E-state index contributed by atoms with van der Waals surface area (Å²) >= 11 is 0. The van der Waals surface area contributed by atoms with Gasteiger partial charge in [-0.3, -0.25) is 14.5 Å². The summed E-state index contributed by atoms with van der Waals surface area (Å²) in [4.78, 5) is 24.3. The molecular formula is C18H27NO4. The molecule has 0 aliphatic heterocycles. The molecule has 1 aromatic rings. The van der Waals surface area contributed by atoms with Gasteiger partial charge in [0.05, 0.1) is 12.8 Å². The lowest BCUT2D eigenvalue weighted by Gasteiger charge is -2.42. The second-order valence-corrected chi connectivity index (χ2v) is 5.87. The number of carbonyl (C=O) groups is 2. The minimum Gasteiger partial charge on any atom is -0.481 e. The first-order chi connectivity index (χ1) is 10.9. The fourth-order valence-corrected chi connectivity index (χ4v) is 3.07. The molecule has 0 saturated heterocycles. The van der Waals surface area contributed by atoms with E-state index in [2.05, 4.69) is 4.90 Å². The molecule has 1 aromatic carbocycles. The Morgan fingerprint density at radius 3 is 2.09 bits per heavy atom.